The van der Waals surface area contributed by atoms with Crippen molar-refractivity contribution in [1.82, 2.24) is 5.32 Å². The normalized spacial score (nSPS) is 10.1. The van der Waals surface area contributed by atoms with Gasteiger partial charge in [-0.2, -0.15) is 0 Å². The highest BCUT2D eigenvalue weighted by Gasteiger charge is 2.12. The van der Waals surface area contributed by atoms with Gasteiger partial charge in [-0.15, -0.1) is 0 Å². The number of anilines is 1. The largest absolute Gasteiger partial charge is 0.343 e. The number of amides is 2. The summed E-state index contributed by atoms with van der Waals surface area (Å²) < 4.78 is 0. The van der Waals surface area contributed by atoms with Crippen LogP contribution in [0.2, 0.25) is 10.0 Å². The van der Waals surface area contributed by atoms with E-state index in [-0.39, 0.29) is 23.0 Å². The summed E-state index contributed by atoms with van der Waals surface area (Å²) in [5.41, 5.74) is 2.05. The maximum Gasteiger partial charge on any atom is 0.253 e. The van der Waals surface area contributed by atoms with Crippen molar-refractivity contribution in [3.05, 3.63) is 63.6 Å². The topological polar surface area (TPSA) is 58.2 Å². The second-order valence-corrected chi connectivity index (χ2v) is 5.56. The average molecular weight is 337 g/mol. The fourth-order valence-corrected chi connectivity index (χ4v) is 2.27. The molecule has 0 radical (unpaired) electrons. The summed E-state index contributed by atoms with van der Waals surface area (Å²) in [6.45, 7) is 1.81. The van der Waals surface area contributed by atoms with Crippen LogP contribution in [0, 0.1) is 6.92 Å². The first kappa shape index (κ1) is 16.3. The van der Waals surface area contributed by atoms with Crippen LogP contribution in [-0.2, 0) is 4.79 Å². The number of nitrogens with one attached hydrogen (secondary N) is 2. The van der Waals surface area contributed by atoms with Gasteiger partial charge in [-0.05, 0) is 37.3 Å². The average Bonchev–Trinajstić information content (AvgIpc) is 2.47. The number of halogens is 2. The second-order valence-electron chi connectivity index (χ2n) is 4.72. The lowest BCUT2D eigenvalue weighted by molar-refractivity contribution is -0.115. The molecule has 0 aliphatic rings. The first-order valence-electron chi connectivity index (χ1n) is 6.55. The number of carbonyl (C=O) groups is 2. The van der Waals surface area contributed by atoms with Crippen molar-refractivity contribution in [2.24, 2.45) is 0 Å². The van der Waals surface area contributed by atoms with Gasteiger partial charge in [0.05, 0.1) is 17.1 Å². The number of hydrogen-bond acceptors (Lipinski definition) is 2. The van der Waals surface area contributed by atoms with Gasteiger partial charge in [0.1, 0.15) is 0 Å². The van der Waals surface area contributed by atoms with E-state index in [0.717, 1.165) is 5.56 Å². The van der Waals surface area contributed by atoms with Crippen LogP contribution in [0.1, 0.15) is 15.9 Å². The van der Waals surface area contributed by atoms with Crippen LogP contribution in [0.4, 0.5) is 5.69 Å². The maximum atomic E-state index is 12.0. The minimum Gasteiger partial charge on any atom is -0.343 e. The zero-order valence-electron chi connectivity index (χ0n) is 11.8. The molecular formula is C16H14Cl2N2O2. The SMILES string of the molecule is Cc1ccc(NC(=O)CNC(=O)c2ccc(Cl)cc2Cl)cc1. The molecule has 0 saturated carbocycles. The molecule has 4 nitrogen and oxygen atoms in total. The molecule has 0 fully saturated rings. The Balaban J connectivity index is 1.90. The molecule has 0 unspecified atom stereocenters. The molecule has 0 bridgehead atoms. The molecule has 2 N–H and O–H groups in total. The van der Waals surface area contributed by atoms with E-state index in [0.29, 0.717) is 10.7 Å². The van der Waals surface area contributed by atoms with E-state index >= 15 is 0 Å². The summed E-state index contributed by atoms with van der Waals surface area (Å²) in [7, 11) is 0. The fraction of sp³-hybridized carbons (Fsp3) is 0.125. The molecule has 2 amide bonds. The molecule has 0 aliphatic carbocycles. The van der Waals surface area contributed by atoms with Gasteiger partial charge in [0, 0.05) is 10.7 Å². The van der Waals surface area contributed by atoms with Gasteiger partial charge in [0.15, 0.2) is 0 Å². The van der Waals surface area contributed by atoms with E-state index in [9.17, 15) is 9.59 Å². The van der Waals surface area contributed by atoms with Crippen LogP contribution in [0.15, 0.2) is 42.5 Å². The lowest BCUT2D eigenvalue weighted by Crippen LogP contribution is -2.33. The summed E-state index contributed by atoms with van der Waals surface area (Å²) in [4.78, 5) is 23.8. The summed E-state index contributed by atoms with van der Waals surface area (Å²) in [6.07, 6.45) is 0. The Bertz CT molecular complexity index is 700. The van der Waals surface area contributed by atoms with E-state index in [1.165, 1.54) is 12.1 Å². The summed E-state index contributed by atoms with van der Waals surface area (Å²) in [6, 6.07) is 11.9. The van der Waals surface area contributed by atoms with Crippen LogP contribution >= 0.6 is 23.2 Å². The Morgan fingerprint density at radius 3 is 2.36 bits per heavy atom. The first-order chi connectivity index (χ1) is 10.5. The van der Waals surface area contributed by atoms with E-state index in [1.54, 1.807) is 18.2 Å². The molecule has 0 atom stereocenters. The van der Waals surface area contributed by atoms with Crippen LogP contribution in [0.5, 0.6) is 0 Å². The minimum atomic E-state index is -0.430. The zero-order valence-corrected chi connectivity index (χ0v) is 13.3. The van der Waals surface area contributed by atoms with E-state index in [2.05, 4.69) is 10.6 Å². The van der Waals surface area contributed by atoms with Gasteiger partial charge in [-0.3, -0.25) is 9.59 Å². The van der Waals surface area contributed by atoms with Crippen molar-refractivity contribution in [3.63, 3.8) is 0 Å². The smallest absolute Gasteiger partial charge is 0.253 e. The highest BCUT2D eigenvalue weighted by Crippen LogP contribution is 2.20. The predicted octanol–water partition coefficient (Wildman–Crippen LogP) is 3.67. The monoisotopic (exact) mass is 336 g/mol. The van der Waals surface area contributed by atoms with Crippen molar-refractivity contribution in [2.75, 3.05) is 11.9 Å². The van der Waals surface area contributed by atoms with Crippen LogP contribution < -0.4 is 10.6 Å². The zero-order chi connectivity index (χ0) is 16.1. The number of aryl methyl sites for hydroxylation is 1. The number of carbonyl (C=O) groups excluding carboxylic acids is 2. The van der Waals surface area contributed by atoms with Gasteiger partial charge in [0.25, 0.3) is 5.91 Å². The van der Waals surface area contributed by atoms with Crippen molar-refractivity contribution < 1.29 is 9.59 Å². The van der Waals surface area contributed by atoms with Crippen LogP contribution in [0.3, 0.4) is 0 Å². The molecule has 6 heteroatoms. The standard InChI is InChI=1S/C16H14Cl2N2O2/c1-10-2-5-12(6-3-10)20-15(21)9-19-16(22)13-7-4-11(17)8-14(13)18/h2-8H,9H2,1H3,(H,19,22)(H,20,21). The predicted molar refractivity (Wildman–Crippen MR) is 88.6 cm³/mol. The lowest BCUT2D eigenvalue weighted by Gasteiger charge is -2.08. The van der Waals surface area contributed by atoms with Gasteiger partial charge in [0.2, 0.25) is 5.91 Å². The summed E-state index contributed by atoms with van der Waals surface area (Å²) in [5, 5.41) is 5.89. The summed E-state index contributed by atoms with van der Waals surface area (Å²) >= 11 is 11.7. The molecule has 114 valence electrons. The molecule has 2 aromatic rings. The Labute approximate surface area is 138 Å². The molecule has 0 heterocycles. The van der Waals surface area contributed by atoms with Gasteiger partial charge in [-0.1, -0.05) is 40.9 Å². The van der Waals surface area contributed by atoms with Crippen molar-refractivity contribution in [1.29, 1.82) is 0 Å². The Morgan fingerprint density at radius 2 is 1.73 bits per heavy atom. The Morgan fingerprint density at radius 1 is 1.05 bits per heavy atom. The van der Waals surface area contributed by atoms with Crippen molar-refractivity contribution in [2.45, 2.75) is 6.92 Å². The second kappa shape index (κ2) is 7.29. The van der Waals surface area contributed by atoms with Crippen molar-refractivity contribution >= 4 is 40.7 Å². The van der Waals surface area contributed by atoms with Crippen LogP contribution in [-0.4, -0.2) is 18.4 Å². The third-order valence-electron chi connectivity index (χ3n) is 2.92. The minimum absolute atomic E-state index is 0.147. The molecule has 0 aliphatic heterocycles. The molecular weight excluding hydrogens is 323 g/mol. The molecule has 2 aromatic carbocycles. The number of rotatable bonds is 4. The molecule has 0 spiro atoms. The third-order valence-corrected chi connectivity index (χ3v) is 3.47. The first-order valence-corrected chi connectivity index (χ1v) is 7.31. The summed E-state index contributed by atoms with van der Waals surface area (Å²) in [5.74, 6) is -0.747. The molecule has 0 aromatic heterocycles. The highest BCUT2D eigenvalue weighted by atomic mass is 35.5. The fourth-order valence-electron chi connectivity index (χ4n) is 1.77. The van der Waals surface area contributed by atoms with Gasteiger partial charge in [-0.25, -0.2) is 0 Å². The Kier molecular flexibility index (Phi) is 5.41. The Hall–Kier alpha value is -2.04. The van der Waals surface area contributed by atoms with Gasteiger partial charge >= 0.3 is 0 Å². The number of hydrogen-bond donors (Lipinski definition) is 2. The third kappa shape index (κ3) is 4.48. The molecule has 2 rings (SSSR count). The van der Waals surface area contributed by atoms with Gasteiger partial charge < -0.3 is 10.6 Å². The number of benzene rings is 2. The van der Waals surface area contributed by atoms with Crippen LogP contribution in [0.25, 0.3) is 0 Å². The highest BCUT2D eigenvalue weighted by molar-refractivity contribution is 6.36. The van der Waals surface area contributed by atoms with E-state index < -0.39 is 5.91 Å². The van der Waals surface area contributed by atoms with Crippen molar-refractivity contribution in [3.8, 4) is 0 Å². The quantitative estimate of drug-likeness (QED) is 0.894. The maximum absolute atomic E-state index is 12.0. The molecule has 0 saturated heterocycles. The van der Waals surface area contributed by atoms with E-state index in [1.807, 2.05) is 19.1 Å². The molecule has 22 heavy (non-hydrogen) atoms. The lowest BCUT2D eigenvalue weighted by atomic mass is 10.2. The van der Waals surface area contributed by atoms with E-state index in [4.69, 9.17) is 23.2 Å².